The fourth-order valence-corrected chi connectivity index (χ4v) is 1.33. The van der Waals surface area contributed by atoms with E-state index >= 15 is 0 Å². The van der Waals surface area contributed by atoms with Crippen LogP contribution in [0.2, 0.25) is 0 Å². The highest BCUT2D eigenvalue weighted by Gasteiger charge is 2.29. The third-order valence-electron chi connectivity index (χ3n) is 2.00. The van der Waals surface area contributed by atoms with Gasteiger partial charge in [-0.05, 0) is 17.7 Å². The molecule has 74 valence electrons. The lowest BCUT2D eigenvalue weighted by molar-refractivity contribution is -0.137. The molecule has 0 spiro atoms. The van der Waals surface area contributed by atoms with Crippen molar-refractivity contribution in [3.05, 3.63) is 40.7 Å². The van der Waals surface area contributed by atoms with Crippen LogP contribution in [0, 0.1) is 5.39 Å². The van der Waals surface area contributed by atoms with Gasteiger partial charge < -0.3 is 9.84 Å². The van der Waals surface area contributed by atoms with Crippen LogP contribution in [0.25, 0.3) is 5.08 Å². The van der Waals surface area contributed by atoms with E-state index in [1.165, 1.54) is 18.2 Å². The van der Waals surface area contributed by atoms with Gasteiger partial charge in [0, 0.05) is 6.08 Å². The first-order chi connectivity index (χ1) is 7.20. The van der Waals surface area contributed by atoms with Gasteiger partial charge in [-0.25, -0.2) is 4.79 Å². The quantitative estimate of drug-likeness (QED) is 0.363. The van der Waals surface area contributed by atoms with Crippen molar-refractivity contribution in [2.75, 3.05) is 0 Å². The Kier molecular flexibility index (Phi) is 2.06. The summed E-state index contributed by atoms with van der Waals surface area (Å²) in [6.45, 7) is 0. The van der Waals surface area contributed by atoms with Crippen LogP contribution in [0.5, 0.6) is 0 Å². The number of rotatable bonds is 0. The summed E-state index contributed by atoms with van der Waals surface area (Å²) in [6, 6.07) is 0. The van der Waals surface area contributed by atoms with Gasteiger partial charge in [-0.2, -0.15) is 0 Å². The second kappa shape index (κ2) is 3.38. The summed E-state index contributed by atoms with van der Waals surface area (Å²) in [5.74, 6) is -0.655. The average molecular weight is 204 g/mol. The minimum absolute atomic E-state index is 0.0391. The Hall–Kier alpha value is -2.42. The van der Waals surface area contributed by atoms with Crippen LogP contribution in [0.3, 0.4) is 0 Å². The summed E-state index contributed by atoms with van der Waals surface area (Å²) < 4.78 is 4.93. The van der Waals surface area contributed by atoms with Crippen LogP contribution in [0.4, 0.5) is 0 Å². The zero-order chi connectivity index (χ0) is 10.8. The summed E-state index contributed by atoms with van der Waals surface area (Å²) >= 11 is 0. The topological polar surface area (TPSA) is 87.0 Å². The number of allylic oxidation sites excluding steroid dienone is 1. The number of aliphatic hydroxyl groups is 1. The number of diazo groups is 1. The smallest absolute Gasteiger partial charge is 0.365 e. The van der Waals surface area contributed by atoms with Gasteiger partial charge in [-0.3, -0.25) is 0 Å². The Morgan fingerprint density at radius 3 is 3.07 bits per heavy atom. The van der Waals surface area contributed by atoms with Gasteiger partial charge in [0.25, 0.3) is 5.39 Å². The third kappa shape index (κ3) is 1.62. The maximum atomic E-state index is 11.2. The molecule has 0 aromatic heterocycles. The van der Waals surface area contributed by atoms with Crippen molar-refractivity contribution in [2.45, 2.75) is 6.10 Å². The number of fused-ring (bicyclic) bond motifs is 1. The molecule has 2 aliphatic rings. The molecule has 0 saturated heterocycles. The molecular formula is C9H6N3O3+. The number of nitrogens with zero attached hydrogens (tertiary/aromatic N) is 3. The normalized spacial score (nSPS) is 26.2. The molecule has 0 aromatic rings. The number of hydrogen-bond donors (Lipinski definition) is 1. The van der Waals surface area contributed by atoms with E-state index in [0.29, 0.717) is 5.57 Å². The Balaban J connectivity index is 2.40. The molecule has 0 amide bonds. The monoisotopic (exact) mass is 204 g/mol. The van der Waals surface area contributed by atoms with E-state index < -0.39 is 12.1 Å². The molecule has 0 fully saturated rings. The predicted molar refractivity (Wildman–Crippen MR) is 50.3 cm³/mol. The summed E-state index contributed by atoms with van der Waals surface area (Å²) in [5, 5.41) is 23.1. The molecule has 0 saturated carbocycles. The minimum Gasteiger partial charge on any atom is -0.508 e. The lowest BCUT2D eigenvalue weighted by atomic mass is 10.00. The number of aliphatic hydroxyl groups excluding tert-OH is 1. The van der Waals surface area contributed by atoms with Crippen molar-refractivity contribution in [2.24, 2.45) is 5.10 Å². The Bertz CT molecular complexity index is 479. The van der Waals surface area contributed by atoms with Crippen molar-refractivity contribution in [1.29, 1.82) is 5.39 Å². The highest BCUT2D eigenvalue weighted by molar-refractivity contribution is 6.42. The second-order valence-electron chi connectivity index (χ2n) is 2.97. The number of carbonyl (C=O) groups is 1. The van der Waals surface area contributed by atoms with E-state index in [9.17, 15) is 9.90 Å². The average Bonchev–Trinajstić information content (AvgIpc) is 2.20. The molecule has 2 rings (SSSR count). The molecule has 1 atom stereocenters. The van der Waals surface area contributed by atoms with Crippen LogP contribution < -0.4 is 0 Å². The largest absolute Gasteiger partial charge is 0.508 e. The van der Waals surface area contributed by atoms with Crippen molar-refractivity contribution < 1.29 is 14.6 Å². The molecule has 1 heterocycles. The van der Waals surface area contributed by atoms with E-state index in [4.69, 9.17) is 10.1 Å². The van der Waals surface area contributed by atoms with Crippen LogP contribution in [0.15, 0.2) is 40.7 Å². The van der Waals surface area contributed by atoms with Gasteiger partial charge in [0.2, 0.25) is 5.71 Å². The number of carbonyl (C=O) groups excluding carboxylic acids is 1. The Morgan fingerprint density at radius 2 is 2.33 bits per heavy atom. The van der Waals surface area contributed by atoms with Gasteiger partial charge in [0.05, 0.1) is 0 Å². The van der Waals surface area contributed by atoms with Crippen molar-refractivity contribution >= 4 is 11.7 Å². The Labute approximate surface area is 84.5 Å². The third-order valence-corrected chi connectivity index (χ3v) is 2.00. The first-order valence-electron chi connectivity index (χ1n) is 4.14. The van der Waals surface area contributed by atoms with E-state index in [-0.39, 0.29) is 11.5 Å². The molecule has 15 heavy (non-hydrogen) atoms. The van der Waals surface area contributed by atoms with Crippen LogP contribution >= 0.6 is 0 Å². The standard InChI is InChI=1S/C9H5N3O3/c10-12-11-7-3-5-1-2-6(13)4-8(5)15-9(7)14/h1-4,8H/p+1/b11-7-. The minimum atomic E-state index is -0.694. The first kappa shape index (κ1) is 9.15. The lowest BCUT2D eigenvalue weighted by Gasteiger charge is -2.21. The van der Waals surface area contributed by atoms with Crippen molar-refractivity contribution in [3.63, 3.8) is 0 Å². The van der Waals surface area contributed by atoms with E-state index in [2.05, 4.69) is 10.2 Å². The lowest BCUT2D eigenvalue weighted by Crippen LogP contribution is -2.30. The number of hydrogen-bond acceptors (Lipinski definition) is 5. The maximum Gasteiger partial charge on any atom is 0.365 e. The van der Waals surface area contributed by atoms with Gasteiger partial charge in [0.15, 0.2) is 5.10 Å². The molecule has 1 aliphatic carbocycles. The summed E-state index contributed by atoms with van der Waals surface area (Å²) in [7, 11) is 0. The molecule has 6 heteroatoms. The zero-order valence-corrected chi connectivity index (χ0v) is 7.49. The predicted octanol–water partition coefficient (Wildman–Crippen LogP) is 1.06. The number of ether oxygens (including phenoxy) is 1. The maximum absolute atomic E-state index is 11.2. The molecule has 0 bridgehead atoms. The second-order valence-corrected chi connectivity index (χ2v) is 2.97. The molecule has 0 radical (unpaired) electrons. The fraction of sp³-hybridized carbons (Fsp3) is 0.111. The summed E-state index contributed by atoms with van der Waals surface area (Å²) in [6.07, 6.45) is 5.31. The zero-order valence-electron chi connectivity index (χ0n) is 7.49. The molecule has 0 aromatic carbocycles. The highest BCUT2D eigenvalue weighted by atomic mass is 16.5. The molecule has 1 N–H and O–H groups in total. The van der Waals surface area contributed by atoms with Crippen LogP contribution in [-0.2, 0) is 9.53 Å². The fourth-order valence-electron chi connectivity index (χ4n) is 1.33. The molecule has 1 unspecified atom stereocenters. The molecular weight excluding hydrogens is 198 g/mol. The SMILES string of the molecule is N#[N+]/N=C1/C=C2C=CC(O)=CC2OC1=O. The van der Waals surface area contributed by atoms with Gasteiger partial charge in [-0.1, -0.05) is 6.08 Å². The van der Waals surface area contributed by atoms with Gasteiger partial charge in [0.1, 0.15) is 11.9 Å². The number of esters is 1. The van der Waals surface area contributed by atoms with Crippen LogP contribution in [-0.4, -0.2) is 22.9 Å². The van der Waals surface area contributed by atoms with E-state index in [1.807, 2.05) is 0 Å². The summed E-state index contributed by atoms with van der Waals surface area (Å²) in [5.41, 5.74) is 0.581. The highest BCUT2D eigenvalue weighted by Crippen LogP contribution is 2.22. The first-order valence-corrected chi connectivity index (χ1v) is 4.14. The van der Waals surface area contributed by atoms with Gasteiger partial charge in [-0.15, -0.1) is 0 Å². The van der Waals surface area contributed by atoms with Gasteiger partial charge >= 0.3 is 11.1 Å². The van der Waals surface area contributed by atoms with E-state index in [0.717, 1.165) is 0 Å². The Morgan fingerprint density at radius 1 is 1.53 bits per heavy atom. The summed E-state index contributed by atoms with van der Waals surface area (Å²) in [4.78, 5) is 11.2. The molecule has 6 nitrogen and oxygen atoms in total. The van der Waals surface area contributed by atoms with E-state index in [1.54, 1.807) is 6.08 Å². The van der Waals surface area contributed by atoms with Crippen molar-refractivity contribution in [1.82, 2.24) is 0 Å². The molecule has 1 aliphatic heterocycles. The van der Waals surface area contributed by atoms with Crippen LogP contribution in [0.1, 0.15) is 0 Å². The van der Waals surface area contributed by atoms with Crippen molar-refractivity contribution in [3.8, 4) is 0 Å².